The number of nitrogens with zero attached hydrogens (tertiary/aromatic N) is 5. The molecule has 1 fully saturated rings. The van der Waals surface area contributed by atoms with Gasteiger partial charge in [0.05, 0.1) is 17.3 Å². The van der Waals surface area contributed by atoms with E-state index in [1.807, 2.05) is 11.8 Å². The second-order valence-corrected chi connectivity index (χ2v) is 8.32. The minimum absolute atomic E-state index is 0.126. The molecule has 0 atom stereocenters. The van der Waals surface area contributed by atoms with Crippen LogP contribution in [0.5, 0.6) is 0 Å². The van der Waals surface area contributed by atoms with E-state index in [4.69, 9.17) is 10.8 Å². The number of alkyl halides is 3. The predicted octanol–water partition coefficient (Wildman–Crippen LogP) is 3.07. The van der Waals surface area contributed by atoms with Gasteiger partial charge in [0.15, 0.2) is 11.3 Å². The smallest absolute Gasteiger partial charge is 0.417 e. The zero-order valence-electron chi connectivity index (χ0n) is 20.1. The first-order valence-corrected chi connectivity index (χ1v) is 11.6. The van der Waals surface area contributed by atoms with Gasteiger partial charge in [-0.15, -0.1) is 5.10 Å². The highest BCUT2D eigenvalue weighted by atomic mass is 19.4. The van der Waals surface area contributed by atoms with E-state index in [-0.39, 0.29) is 30.3 Å². The summed E-state index contributed by atoms with van der Waals surface area (Å²) in [5.74, 6) is -1.46. The number of anilines is 1. The molecule has 3 aromatic rings. The van der Waals surface area contributed by atoms with Gasteiger partial charge in [0.1, 0.15) is 5.82 Å². The fourth-order valence-corrected chi connectivity index (χ4v) is 3.72. The minimum atomic E-state index is -4.60. The summed E-state index contributed by atoms with van der Waals surface area (Å²) in [5, 5.41) is 13.4. The van der Waals surface area contributed by atoms with E-state index in [0.717, 1.165) is 18.9 Å². The molecule has 1 aromatic carbocycles. The number of hydrogen-bond donors (Lipinski definition) is 2. The van der Waals surface area contributed by atoms with E-state index < -0.39 is 23.6 Å². The van der Waals surface area contributed by atoms with Crippen molar-refractivity contribution < 1.29 is 32.7 Å². The number of rotatable bonds is 6. The molecule has 0 unspecified atom stereocenters. The van der Waals surface area contributed by atoms with Crippen molar-refractivity contribution in [2.45, 2.75) is 32.4 Å². The summed E-state index contributed by atoms with van der Waals surface area (Å²) < 4.78 is 41.0. The number of fused-ring (bicyclic) bond motifs is 1. The number of primary amides is 1. The molecule has 3 N–H and O–H groups in total. The van der Waals surface area contributed by atoms with Crippen molar-refractivity contribution in [2.24, 2.45) is 5.73 Å². The summed E-state index contributed by atoms with van der Waals surface area (Å²) in [4.78, 5) is 40.9. The molecule has 0 aliphatic carbocycles. The van der Waals surface area contributed by atoms with Gasteiger partial charge in [-0.3, -0.25) is 9.59 Å². The number of aromatic nitrogens is 3. The van der Waals surface area contributed by atoms with Crippen LogP contribution in [-0.4, -0.2) is 68.6 Å². The lowest BCUT2D eigenvalue weighted by molar-refractivity contribution is -0.138. The van der Waals surface area contributed by atoms with Gasteiger partial charge in [-0.2, -0.15) is 13.2 Å². The molecular formula is C24H27F3N6O4. The van der Waals surface area contributed by atoms with Gasteiger partial charge in [-0.25, -0.2) is 14.3 Å². The van der Waals surface area contributed by atoms with E-state index >= 15 is 0 Å². The Kier molecular flexibility index (Phi) is 8.69. The van der Waals surface area contributed by atoms with E-state index in [1.54, 1.807) is 12.1 Å². The molecule has 2 aromatic heterocycles. The Morgan fingerprint density at radius 1 is 1.05 bits per heavy atom. The van der Waals surface area contributed by atoms with Crippen LogP contribution in [0.15, 0.2) is 42.6 Å². The number of nitrogens with two attached hydrogens (primary N) is 1. The monoisotopic (exact) mass is 520 g/mol. The number of carbonyl (C=O) groups is 3. The molecule has 0 spiro atoms. The van der Waals surface area contributed by atoms with Gasteiger partial charge in [0.25, 0.3) is 5.91 Å². The number of carboxylic acids is 1. The number of carboxylic acid groups (broad SMARTS) is 1. The van der Waals surface area contributed by atoms with Crippen LogP contribution in [0.1, 0.15) is 52.6 Å². The number of piperazine rings is 1. The van der Waals surface area contributed by atoms with Crippen LogP contribution >= 0.6 is 0 Å². The molecule has 4 rings (SSSR count). The van der Waals surface area contributed by atoms with Gasteiger partial charge < -0.3 is 20.6 Å². The number of aromatic carboxylic acids is 1. The molecule has 2 amide bonds. The minimum Gasteiger partial charge on any atom is -0.476 e. The Balaban J connectivity index is 0.000000479. The van der Waals surface area contributed by atoms with Crippen LogP contribution in [0.2, 0.25) is 0 Å². The van der Waals surface area contributed by atoms with Gasteiger partial charge in [0.2, 0.25) is 5.91 Å². The highest BCUT2D eigenvalue weighted by Gasteiger charge is 2.36. The molecule has 3 heterocycles. The van der Waals surface area contributed by atoms with E-state index in [9.17, 15) is 27.6 Å². The maximum absolute atomic E-state index is 13.2. The Bertz CT molecular complexity index is 1270. The maximum Gasteiger partial charge on any atom is 0.417 e. The third kappa shape index (κ3) is 6.96. The lowest BCUT2D eigenvalue weighted by Crippen LogP contribution is -2.49. The van der Waals surface area contributed by atoms with Crippen molar-refractivity contribution in [2.75, 3.05) is 31.1 Å². The zero-order valence-corrected chi connectivity index (χ0v) is 20.1. The summed E-state index contributed by atoms with van der Waals surface area (Å²) in [7, 11) is 0. The van der Waals surface area contributed by atoms with Crippen LogP contribution in [-0.2, 0) is 11.0 Å². The quantitative estimate of drug-likeness (QED) is 0.510. The first kappa shape index (κ1) is 27.4. The molecule has 0 bridgehead atoms. The number of carbonyl (C=O) groups excluding carboxylic acids is 2. The SMILES string of the molecule is CCCCC(N)=O.O=C(O)c1cn2nc(N3CCN(C(=O)c4ccccc4C(F)(F)F)CC3)ccc2n1. The fourth-order valence-electron chi connectivity index (χ4n) is 3.72. The van der Waals surface area contributed by atoms with Gasteiger partial charge in [-0.05, 0) is 30.7 Å². The van der Waals surface area contributed by atoms with Crippen molar-refractivity contribution in [1.82, 2.24) is 19.5 Å². The first-order chi connectivity index (χ1) is 17.5. The van der Waals surface area contributed by atoms with Gasteiger partial charge in [-0.1, -0.05) is 25.5 Å². The standard InChI is InChI=1S/C19H16F3N5O3.C5H11NO/c20-19(21,22)13-4-2-1-3-12(13)17(28)26-9-7-25(8-10-26)16-6-5-15-23-14(18(29)30)11-27(15)24-16;1-2-3-4-5(6)7/h1-6,11H,7-10H2,(H,29,30);2-4H2,1H3,(H2,6,7). The van der Waals surface area contributed by atoms with Crippen molar-refractivity contribution in [3.8, 4) is 0 Å². The third-order valence-electron chi connectivity index (χ3n) is 5.66. The average molecular weight is 521 g/mol. The second-order valence-electron chi connectivity index (χ2n) is 8.32. The van der Waals surface area contributed by atoms with E-state index in [1.165, 1.54) is 33.8 Å². The first-order valence-electron chi connectivity index (χ1n) is 11.6. The van der Waals surface area contributed by atoms with Gasteiger partial charge in [0, 0.05) is 32.6 Å². The normalized spacial score (nSPS) is 13.7. The second kappa shape index (κ2) is 11.7. The molecule has 37 heavy (non-hydrogen) atoms. The molecule has 0 radical (unpaired) electrons. The average Bonchev–Trinajstić information content (AvgIpc) is 3.31. The Hall–Kier alpha value is -4.16. The lowest BCUT2D eigenvalue weighted by atomic mass is 10.1. The van der Waals surface area contributed by atoms with Crippen LogP contribution in [0, 0.1) is 0 Å². The molecule has 1 aliphatic rings. The topological polar surface area (TPSA) is 134 Å². The van der Waals surface area contributed by atoms with Crippen molar-refractivity contribution in [3.63, 3.8) is 0 Å². The Labute approximate surface area is 210 Å². The van der Waals surface area contributed by atoms with E-state index in [0.29, 0.717) is 31.0 Å². The largest absolute Gasteiger partial charge is 0.476 e. The zero-order chi connectivity index (χ0) is 27.2. The summed E-state index contributed by atoms with van der Waals surface area (Å²) >= 11 is 0. The van der Waals surface area contributed by atoms with Crippen LogP contribution < -0.4 is 10.6 Å². The van der Waals surface area contributed by atoms with Crippen molar-refractivity contribution in [1.29, 1.82) is 0 Å². The Morgan fingerprint density at radius 3 is 2.30 bits per heavy atom. The summed E-state index contributed by atoms with van der Waals surface area (Å²) in [6.07, 6.45) is -0.795. The van der Waals surface area contributed by atoms with Crippen molar-refractivity contribution >= 4 is 29.2 Å². The predicted molar refractivity (Wildman–Crippen MR) is 128 cm³/mol. The molecule has 1 aliphatic heterocycles. The Morgan fingerprint density at radius 2 is 1.73 bits per heavy atom. The molecule has 198 valence electrons. The van der Waals surface area contributed by atoms with Crippen LogP contribution in [0.4, 0.5) is 19.0 Å². The maximum atomic E-state index is 13.2. The van der Waals surface area contributed by atoms with Crippen LogP contribution in [0.3, 0.4) is 0 Å². The lowest BCUT2D eigenvalue weighted by Gasteiger charge is -2.35. The molecule has 10 nitrogen and oxygen atoms in total. The van der Waals surface area contributed by atoms with Crippen molar-refractivity contribution in [3.05, 3.63) is 59.4 Å². The molecular weight excluding hydrogens is 493 g/mol. The molecule has 1 saturated heterocycles. The number of unbranched alkanes of at least 4 members (excludes halogenated alkanes) is 1. The summed E-state index contributed by atoms with van der Waals surface area (Å²) in [6.45, 7) is 3.24. The molecule has 13 heteroatoms. The summed E-state index contributed by atoms with van der Waals surface area (Å²) in [6, 6.07) is 8.07. The third-order valence-corrected chi connectivity index (χ3v) is 5.66. The fraction of sp³-hybridized carbons (Fsp3) is 0.375. The number of halogens is 3. The molecule has 0 saturated carbocycles. The van der Waals surface area contributed by atoms with Gasteiger partial charge >= 0.3 is 12.1 Å². The number of hydrogen-bond acceptors (Lipinski definition) is 6. The number of benzene rings is 1. The number of amides is 2. The van der Waals surface area contributed by atoms with Crippen LogP contribution in [0.25, 0.3) is 5.65 Å². The number of imidazole rings is 1. The van der Waals surface area contributed by atoms with E-state index in [2.05, 4.69) is 10.1 Å². The highest BCUT2D eigenvalue weighted by Crippen LogP contribution is 2.32. The summed E-state index contributed by atoms with van der Waals surface area (Å²) in [5.41, 5.74) is 3.79. The highest BCUT2D eigenvalue weighted by molar-refractivity contribution is 5.96.